The quantitative estimate of drug-likeness (QED) is 0.0177. The predicted octanol–water partition coefficient (Wildman–Crippen LogP) is 21.0. The Labute approximate surface area is 848 Å². The van der Waals surface area contributed by atoms with Crippen molar-refractivity contribution in [1.29, 1.82) is 0 Å². The van der Waals surface area contributed by atoms with Gasteiger partial charge in [0.25, 0.3) is 0 Å². The average molecular weight is 1960 g/mol. The lowest BCUT2D eigenvalue weighted by Gasteiger charge is -2.10. The van der Waals surface area contributed by atoms with Gasteiger partial charge in [0, 0.05) is 148 Å². The maximum absolute atomic E-state index is 12.4. The van der Waals surface area contributed by atoms with E-state index in [1.54, 1.807) is 38.4 Å². The van der Waals surface area contributed by atoms with Gasteiger partial charge in [-0.2, -0.15) is 5.10 Å². The summed E-state index contributed by atoms with van der Waals surface area (Å²) in [6, 6.07) is 68.1. The number of nitrogens with two attached hydrogens (primary N) is 2. The van der Waals surface area contributed by atoms with E-state index in [1.165, 1.54) is 6.21 Å². The van der Waals surface area contributed by atoms with Crippen LogP contribution in [0.4, 0.5) is 0 Å². The van der Waals surface area contributed by atoms with Crippen LogP contribution in [0.15, 0.2) is 244 Å². The van der Waals surface area contributed by atoms with Crippen molar-refractivity contribution >= 4 is 130 Å². The van der Waals surface area contributed by atoms with Crippen LogP contribution in [0.5, 0.6) is 29.4 Å². The van der Waals surface area contributed by atoms with E-state index in [-0.39, 0.29) is 135 Å². The third-order valence-corrected chi connectivity index (χ3v) is 25.3. The summed E-state index contributed by atoms with van der Waals surface area (Å²) in [4.78, 5) is 114. The second kappa shape index (κ2) is 47.4. The average Bonchev–Trinajstić information content (AvgIpc) is 1.62. The summed E-state index contributed by atoms with van der Waals surface area (Å²) in [5, 5.41) is 72.8. The molecule has 0 spiro atoms. The molecule has 1 aliphatic carbocycles. The highest BCUT2D eigenvalue weighted by Crippen LogP contribution is 2.43. The first-order valence-electron chi connectivity index (χ1n) is 48.6. The fourth-order valence-electron chi connectivity index (χ4n) is 17.8. The van der Waals surface area contributed by atoms with Crippen LogP contribution < -0.4 is 11.5 Å². The molecule has 6 aromatic heterocycles. The number of benzene rings is 10. The van der Waals surface area contributed by atoms with E-state index in [9.17, 15) is 63.9 Å². The number of Topliss-reactive ketones (excluding diaryl/α,β-unsaturated/α-hetero) is 5. The number of aryl methyl sites for hydroxylation is 13. The number of rotatable bonds is 33. The molecule has 28 nitrogen and oxygen atoms in total. The monoisotopic (exact) mass is 1960 g/mol. The van der Waals surface area contributed by atoms with Crippen molar-refractivity contribution in [3.63, 3.8) is 0 Å². The van der Waals surface area contributed by atoms with Crippen molar-refractivity contribution in [1.82, 2.24) is 32.6 Å². The number of nitrogens with zero attached hydrogens (tertiary/aromatic N) is 12. The molecule has 1 fully saturated rings. The molecule has 0 radical (unpaired) electrons. The third-order valence-electron chi connectivity index (χ3n) is 25.3. The number of aromatic hydroxyl groups is 5. The molecule has 28 heteroatoms. The van der Waals surface area contributed by atoms with Gasteiger partial charge in [-0.3, -0.25) is 90.8 Å². The number of aromatic nitrogens is 7. The van der Waals surface area contributed by atoms with Crippen LogP contribution in [0, 0.1) is 89.0 Å². The SMILES string of the molecule is CC(=NCC(=O)C1CC1)c1c(O)n(-c2cccc(C)c2)c2cc(C)ccc12.CC(=NCC(=O)CCC(=O)O)c1c(O)n(-c2ccc(C)cc2)c2cc(C)ccc12.CC(=NCC(=O)CCC(N)=O)c1c(O)n(-c2ccc(C)cc2)c2cc(C)ccc12.CC(=NCC(=O)CCn1cccn1)c1c(O)n(-c2cc(C)cc(C)c2)c2cc(C)ccc12.Cc1cc(C)cc(-n2c(O)c(C=NCC(=O)CCC(N)=O)c3ccc(C)cc32)c1. The van der Waals surface area contributed by atoms with Crippen molar-refractivity contribution in [2.24, 2.45) is 42.3 Å². The Hall–Kier alpha value is -16.8. The van der Waals surface area contributed by atoms with Gasteiger partial charge >= 0.3 is 5.97 Å². The zero-order valence-electron chi connectivity index (χ0n) is 85.5. The molecule has 6 heterocycles. The van der Waals surface area contributed by atoms with Crippen molar-refractivity contribution < 1.29 is 69.0 Å². The van der Waals surface area contributed by atoms with Crippen LogP contribution in [-0.2, 0) is 44.9 Å². The lowest BCUT2D eigenvalue weighted by Crippen LogP contribution is -2.14. The Morgan fingerprint density at radius 2 is 0.644 bits per heavy atom. The number of primary amides is 2. The normalized spacial score (nSPS) is 12.3. The van der Waals surface area contributed by atoms with Gasteiger partial charge in [0.05, 0.1) is 94.5 Å². The van der Waals surface area contributed by atoms with Gasteiger partial charge in [-0.1, -0.05) is 120 Å². The lowest BCUT2D eigenvalue weighted by molar-refractivity contribution is -0.138. The molecule has 1 saturated carbocycles. The Balaban J connectivity index is 0.000000153. The van der Waals surface area contributed by atoms with Crippen LogP contribution in [-0.4, -0.2) is 172 Å². The third kappa shape index (κ3) is 26.2. The van der Waals surface area contributed by atoms with Gasteiger partial charge in [-0.25, -0.2) is 0 Å². The second-order valence-electron chi connectivity index (χ2n) is 37.8. The molecule has 2 amide bonds. The van der Waals surface area contributed by atoms with Crippen molar-refractivity contribution in [2.75, 3.05) is 32.7 Å². The first kappa shape index (κ1) is 107. The van der Waals surface area contributed by atoms with Gasteiger partial charge in [0.1, 0.15) is 0 Å². The van der Waals surface area contributed by atoms with Crippen LogP contribution in [0.1, 0.15) is 180 Å². The Morgan fingerprint density at radius 3 is 1.00 bits per heavy atom. The number of carboxylic acids is 1. The number of aliphatic carboxylic acids is 1. The Bertz CT molecular complexity index is 7640. The highest BCUT2D eigenvalue weighted by Gasteiger charge is 2.31. The molecule has 0 atom stereocenters. The molecule has 0 aliphatic heterocycles. The minimum absolute atomic E-state index is 0.0185. The van der Waals surface area contributed by atoms with Crippen molar-refractivity contribution in [3.8, 4) is 57.8 Å². The number of hydrogen-bond acceptors (Lipinski definition) is 19. The molecule has 10 N–H and O–H groups in total. The predicted molar refractivity (Wildman–Crippen MR) is 581 cm³/mol. The Kier molecular flexibility index (Phi) is 34.6. The summed E-state index contributed by atoms with van der Waals surface area (Å²) >= 11 is 0. The number of aliphatic imine (C=N–C) groups is 5. The van der Waals surface area contributed by atoms with Crippen LogP contribution in [0.25, 0.3) is 83.0 Å². The highest BCUT2D eigenvalue weighted by molar-refractivity contribution is 6.17. The molecule has 146 heavy (non-hydrogen) atoms. The summed E-state index contributed by atoms with van der Waals surface area (Å²) in [7, 11) is 0. The molecule has 0 saturated heterocycles. The van der Waals surface area contributed by atoms with Crippen LogP contribution >= 0.6 is 0 Å². The van der Waals surface area contributed by atoms with E-state index < -0.39 is 17.8 Å². The number of carbonyl (C=O) groups excluding carboxylic acids is 7. The van der Waals surface area contributed by atoms with E-state index in [4.69, 9.17) is 16.6 Å². The zero-order chi connectivity index (χ0) is 105. The molecule has 17 rings (SSSR count). The maximum Gasteiger partial charge on any atom is 0.303 e. The number of amides is 2. The topological polar surface area (TPSA) is 414 Å². The molecule has 1 aliphatic rings. The smallest absolute Gasteiger partial charge is 0.303 e. The molecule has 0 unspecified atom stereocenters. The summed E-state index contributed by atoms with van der Waals surface area (Å²) in [6.45, 7) is 32.1. The number of carboxylic acid groups (broad SMARTS) is 1. The van der Waals surface area contributed by atoms with E-state index >= 15 is 0 Å². The molecule has 10 aromatic carbocycles. The van der Waals surface area contributed by atoms with E-state index in [0.29, 0.717) is 63.6 Å². The molecule has 0 bridgehead atoms. The maximum atomic E-state index is 12.4. The number of hydrogen-bond donors (Lipinski definition) is 8. The first-order valence-corrected chi connectivity index (χ1v) is 48.6. The molecule has 16 aromatic rings. The number of carbonyl (C=O) groups is 8. The van der Waals surface area contributed by atoms with Gasteiger partial charge in [-0.05, 0) is 276 Å². The summed E-state index contributed by atoms with van der Waals surface area (Å²) < 4.78 is 10.9. The summed E-state index contributed by atoms with van der Waals surface area (Å²) in [5.41, 5.74) is 37.8. The minimum atomic E-state index is -1.01. The number of ketones is 5. The van der Waals surface area contributed by atoms with Gasteiger partial charge < -0.3 is 42.1 Å². The first-order chi connectivity index (χ1) is 69.6. The van der Waals surface area contributed by atoms with E-state index in [2.05, 4.69) is 66.5 Å². The van der Waals surface area contributed by atoms with E-state index in [0.717, 1.165) is 163 Å². The Morgan fingerprint density at radius 1 is 0.329 bits per heavy atom. The van der Waals surface area contributed by atoms with Crippen LogP contribution in [0.3, 0.4) is 0 Å². The standard InChI is InChI=1S/C26H28N4O2.2C23H25N3O3.C23H24N2O4.C23H24N2O2/c1-17-6-7-23-24(15-17)30(21-13-18(2)12-19(3)14-21)26(32)25(23)20(4)27-16-22(31)8-11-29-10-5-9-28-29;1-14-4-7-17(8-5-14)26-20-12-15(2)6-10-19(20)22(23(26)29)16(3)25-13-18(27)9-11-21(24)28;1-14-4-6-19-20(13-25-12-18(27)5-7-22(24)28)23(29)26(21(19)11-14)17-9-15(2)8-16(3)10-17;1-14-4-7-17(8-5-14)25-20-12-15(2)6-10-19(20)22(23(25)29)16(3)24-13-18(26)9-11-21(27)28;1-14-5-4-6-18(11-14)25-20-12-15(2)7-10-19(20)22(23(25)27)16(3)24-13-21(26)17-8-9-17/h5-7,9-10,12-15,32H,8,11,16H2,1-4H3;4-8,10,12,29H,9,11,13H2,1-3H3,(H2,24,28);4,6,8-11,13,29H,5,7,12H2,1-3H3,(H2,24,28);4-8,10,12,29H,9,11,13H2,1-3H3,(H,27,28);4-7,10-12,17,27H,8-9,13H2,1-3H3. The summed E-state index contributed by atoms with van der Waals surface area (Å²) in [5.74, 6) is -1.64. The minimum Gasteiger partial charge on any atom is -0.494 e. The van der Waals surface area contributed by atoms with E-state index in [1.807, 2.05) is 282 Å². The molecular formula is C118H126N14O14. The molecular weight excluding hydrogens is 1840 g/mol. The van der Waals surface area contributed by atoms with Gasteiger partial charge in [0.15, 0.2) is 28.9 Å². The fraction of sp³-hybridized carbons (Fsp3) is 0.271. The van der Waals surface area contributed by atoms with Crippen molar-refractivity contribution in [3.05, 3.63) is 313 Å². The van der Waals surface area contributed by atoms with Crippen LogP contribution in [0.2, 0.25) is 0 Å². The van der Waals surface area contributed by atoms with Crippen molar-refractivity contribution in [2.45, 2.75) is 175 Å². The molecule has 752 valence electrons. The largest absolute Gasteiger partial charge is 0.494 e. The second-order valence-corrected chi connectivity index (χ2v) is 37.8. The number of fused-ring (bicyclic) bond motifs is 5. The lowest BCUT2D eigenvalue weighted by atomic mass is 10.1. The fourth-order valence-corrected chi connectivity index (χ4v) is 17.8. The highest BCUT2D eigenvalue weighted by atomic mass is 16.4. The van der Waals surface area contributed by atoms with Gasteiger partial charge in [-0.15, -0.1) is 0 Å². The van der Waals surface area contributed by atoms with Gasteiger partial charge in [0.2, 0.25) is 41.2 Å². The zero-order valence-corrected chi connectivity index (χ0v) is 85.5. The summed E-state index contributed by atoms with van der Waals surface area (Å²) in [6.07, 6.45) is 7.33.